The number of carboxylic acids is 1. The molecular formula is C15H17F2N5O2. The molecule has 24 heavy (non-hydrogen) atoms. The van der Waals surface area contributed by atoms with Crippen molar-refractivity contribution in [1.82, 2.24) is 19.7 Å². The van der Waals surface area contributed by atoms with E-state index in [1.165, 1.54) is 10.7 Å². The van der Waals surface area contributed by atoms with E-state index >= 15 is 0 Å². The van der Waals surface area contributed by atoms with E-state index in [2.05, 4.69) is 20.4 Å². The maximum Gasteiger partial charge on any atom is 0.354 e. The number of alkyl halides is 2. The van der Waals surface area contributed by atoms with Gasteiger partial charge in [-0.1, -0.05) is 0 Å². The molecule has 0 bridgehead atoms. The highest BCUT2D eigenvalue weighted by Gasteiger charge is 2.39. The molecule has 2 aromatic heterocycles. The molecule has 1 saturated carbocycles. The summed E-state index contributed by atoms with van der Waals surface area (Å²) >= 11 is 0. The predicted octanol–water partition coefficient (Wildman–Crippen LogP) is 2.58. The number of halogens is 2. The van der Waals surface area contributed by atoms with Crippen molar-refractivity contribution in [2.75, 3.05) is 5.32 Å². The number of nitrogens with zero attached hydrogens (tertiary/aromatic N) is 4. The van der Waals surface area contributed by atoms with Gasteiger partial charge in [0.1, 0.15) is 5.82 Å². The fraction of sp³-hybridized carbons (Fsp3) is 0.467. The van der Waals surface area contributed by atoms with Crippen LogP contribution >= 0.6 is 0 Å². The molecule has 1 aliphatic rings. The first-order chi connectivity index (χ1) is 11.2. The van der Waals surface area contributed by atoms with E-state index in [4.69, 9.17) is 0 Å². The van der Waals surface area contributed by atoms with Crippen LogP contribution < -0.4 is 5.32 Å². The molecule has 0 aliphatic heterocycles. The Kier molecular flexibility index (Phi) is 3.94. The monoisotopic (exact) mass is 337 g/mol. The number of nitrogens with one attached hydrogen (secondary N) is 1. The minimum absolute atomic E-state index is 0.0905. The maximum atomic E-state index is 13.3. The molecule has 2 N–H and O–H groups in total. The molecule has 9 heteroatoms. The molecule has 7 nitrogen and oxygen atoms in total. The summed E-state index contributed by atoms with van der Waals surface area (Å²) in [4.78, 5) is 19.5. The molecule has 0 aromatic carbocycles. The summed E-state index contributed by atoms with van der Waals surface area (Å²) in [5.41, 5.74) is 1.26. The second-order valence-electron chi connectivity index (χ2n) is 6.02. The Morgan fingerprint density at radius 2 is 2.12 bits per heavy atom. The summed E-state index contributed by atoms with van der Waals surface area (Å²) < 4.78 is 28.1. The van der Waals surface area contributed by atoms with Gasteiger partial charge in [0.2, 0.25) is 5.92 Å². The number of aromatic carboxylic acids is 1. The molecule has 0 spiro atoms. The fourth-order valence-corrected chi connectivity index (χ4v) is 2.83. The van der Waals surface area contributed by atoms with E-state index in [0.717, 1.165) is 11.4 Å². The van der Waals surface area contributed by atoms with Crippen molar-refractivity contribution in [2.45, 2.75) is 45.1 Å². The number of anilines is 1. The smallest absolute Gasteiger partial charge is 0.354 e. The number of carbonyl (C=O) groups is 1. The molecule has 0 saturated heterocycles. The van der Waals surface area contributed by atoms with Gasteiger partial charge in [-0.2, -0.15) is 10.1 Å². The van der Waals surface area contributed by atoms with Crippen LogP contribution in [0.3, 0.4) is 0 Å². The van der Waals surface area contributed by atoms with E-state index in [1.54, 1.807) is 19.9 Å². The highest BCUT2D eigenvalue weighted by molar-refractivity contribution is 5.86. The normalized spacial score (nSPS) is 19.4. The van der Waals surface area contributed by atoms with Crippen molar-refractivity contribution in [3.05, 3.63) is 29.2 Å². The van der Waals surface area contributed by atoms with Crippen LogP contribution in [0.15, 0.2) is 12.1 Å². The first-order valence-electron chi connectivity index (χ1n) is 7.54. The molecule has 1 unspecified atom stereocenters. The van der Waals surface area contributed by atoms with Crippen LogP contribution in [-0.2, 0) is 0 Å². The standard InChI is InChI=1S/C15H17F2N5O2/c1-8-5-9(2)22(21-8)14-19-11(13(23)24)6-12(20-14)18-10-3-4-15(16,17)7-10/h5-6,10H,3-4,7H2,1-2H3,(H,23,24)(H,18,19,20). The largest absolute Gasteiger partial charge is 0.477 e. The first kappa shape index (κ1) is 16.3. The highest BCUT2D eigenvalue weighted by Crippen LogP contribution is 2.36. The zero-order chi connectivity index (χ0) is 17.5. The van der Waals surface area contributed by atoms with E-state index in [9.17, 15) is 18.7 Å². The Hall–Kier alpha value is -2.58. The van der Waals surface area contributed by atoms with E-state index in [0.29, 0.717) is 6.42 Å². The van der Waals surface area contributed by atoms with Gasteiger partial charge >= 0.3 is 5.97 Å². The summed E-state index contributed by atoms with van der Waals surface area (Å²) in [6.07, 6.45) is -0.185. The minimum atomic E-state index is -2.70. The van der Waals surface area contributed by atoms with Crippen LogP contribution in [0.1, 0.15) is 41.1 Å². The summed E-state index contributed by atoms with van der Waals surface area (Å²) in [6, 6.07) is 2.60. The van der Waals surface area contributed by atoms with Crippen molar-refractivity contribution in [3.63, 3.8) is 0 Å². The molecule has 3 rings (SSSR count). The average molecular weight is 337 g/mol. The molecule has 128 valence electrons. The molecular weight excluding hydrogens is 320 g/mol. The fourth-order valence-electron chi connectivity index (χ4n) is 2.83. The Bertz CT molecular complexity index is 790. The van der Waals surface area contributed by atoms with Crippen molar-refractivity contribution in [3.8, 4) is 5.95 Å². The van der Waals surface area contributed by atoms with Crippen molar-refractivity contribution in [2.24, 2.45) is 0 Å². The molecule has 1 fully saturated rings. The second-order valence-corrected chi connectivity index (χ2v) is 6.02. The molecule has 0 amide bonds. The number of aryl methyl sites for hydroxylation is 2. The lowest BCUT2D eigenvalue weighted by Crippen LogP contribution is -2.21. The summed E-state index contributed by atoms with van der Waals surface area (Å²) in [5, 5.41) is 16.4. The highest BCUT2D eigenvalue weighted by atomic mass is 19.3. The third kappa shape index (κ3) is 3.34. The van der Waals surface area contributed by atoms with Crippen LogP contribution in [0.5, 0.6) is 0 Å². The Labute approximate surface area is 136 Å². The van der Waals surface area contributed by atoms with E-state index in [-0.39, 0.29) is 30.3 Å². The van der Waals surface area contributed by atoms with Crippen LogP contribution in [0.2, 0.25) is 0 Å². The number of hydrogen-bond donors (Lipinski definition) is 2. The van der Waals surface area contributed by atoms with Crippen LogP contribution in [0, 0.1) is 13.8 Å². The number of aromatic nitrogens is 4. The average Bonchev–Trinajstić information content (AvgIpc) is 3.00. The van der Waals surface area contributed by atoms with E-state index in [1.807, 2.05) is 0 Å². The molecule has 2 heterocycles. The zero-order valence-electron chi connectivity index (χ0n) is 13.3. The van der Waals surface area contributed by atoms with Gasteiger partial charge in [0.25, 0.3) is 5.95 Å². The number of hydrogen-bond acceptors (Lipinski definition) is 5. The molecule has 1 atom stereocenters. The van der Waals surface area contributed by atoms with Gasteiger partial charge in [-0.25, -0.2) is 23.2 Å². The molecule has 1 aliphatic carbocycles. The van der Waals surface area contributed by atoms with Gasteiger partial charge in [0, 0.05) is 30.6 Å². The quantitative estimate of drug-likeness (QED) is 0.891. The lowest BCUT2D eigenvalue weighted by atomic mass is 10.2. The molecule has 0 radical (unpaired) electrons. The third-order valence-electron chi connectivity index (χ3n) is 3.89. The third-order valence-corrected chi connectivity index (χ3v) is 3.89. The van der Waals surface area contributed by atoms with Crippen LogP contribution in [0.25, 0.3) is 5.95 Å². The van der Waals surface area contributed by atoms with Gasteiger partial charge in [0.05, 0.1) is 5.69 Å². The SMILES string of the molecule is Cc1cc(C)n(-c2nc(NC3CCC(F)(F)C3)cc(C(=O)O)n2)n1. The van der Waals surface area contributed by atoms with Crippen LogP contribution in [0.4, 0.5) is 14.6 Å². The van der Waals surface area contributed by atoms with E-state index < -0.39 is 17.9 Å². The Morgan fingerprint density at radius 1 is 1.38 bits per heavy atom. The lowest BCUT2D eigenvalue weighted by molar-refractivity contribution is 0.00850. The first-order valence-corrected chi connectivity index (χ1v) is 7.54. The molecule has 2 aromatic rings. The zero-order valence-corrected chi connectivity index (χ0v) is 13.3. The maximum absolute atomic E-state index is 13.3. The summed E-state index contributed by atoms with van der Waals surface area (Å²) in [7, 11) is 0. The second kappa shape index (κ2) is 5.81. The number of rotatable bonds is 4. The van der Waals surface area contributed by atoms with Crippen molar-refractivity contribution < 1.29 is 18.7 Å². The summed E-state index contributed by atoms with van der Waals surface area (Å²) in [5.74, 6) is -3.63. The predicted molar refractivity (Wildman–Crippen MR) is 81.8 cm³/mol. The van der Waals surface area contributed by atoms with Gasteiger partial charge in [-0.05, 0) is 26.3 Å². The lowest BCUT2D eigenvalue weighted by Gasteiger charge is -2.15. The Balaban J connectivity index is 1.95. The number of carboxylic acid groups (broad SMARTS) is 1. The van der Waals surface area contributed by atoms with Gasteiger partial charge in [-0.15, -0.1) is 0 Å². The Morgan fingerprint density at radius 3 is 2.67 bits per heavy atom. The van der Waals surface area contributed by atoms with Crippen LogP contribution in [-0.4, -0.2) is 42.8 Å². The van der Waals surface area contributed by atoms with Crippen molar-refractivity contribution >= 4 is 11.8 Å². The van der Waals surface area contributed by atoms with Gasteiger partial charge in [0.15, 0.2) is 5.69 Å². The topological polar surface area (TPSA) is 92.9 Å². The minimum Gasteiger partial charge on any atom is -0.477 e. The van der Waals surface area contributed by atoms with Gasteiger partial charge < -0.3 is 10.4 Å². The summed E-state index contributed by atoms with van der Waals surface area (Å²) in [6.45, 7) is 3.59. The van der Waals surface area contributed by atoms with Crippen molar-refractivity contribution in [1.29, 1.82) is 0 Å². The van der Waals surface area contributed by atoms with Gasteiger partial charge in [-0.3, -0.25) is 0 Å².